The first kappa shape index (κ1) is 25.3. The Morgan fingerprint density at radius 2 is 1.02 bits per heavy atom. The van der Waals surface area contributed by atoms with Gasteiger partial charge in [0.2, 0.25) is 11.6 Å². The van der Waals surface area contributed by atoms with Gasteiger partial charge in [-0.15, -0.1) is 0 Å². The molecule has 43 heavy (non-hydrogen) atoms. The fourth-order valence-electron chi connectivity index (χ4n) is 6.11. The third-order valence-electron chi connectivity index (χ3n) is 7.74. The summed E-state index contributed by atoms with van der Waals surface area (Å²) in [4.78, 5) is 21.9. The number of anilines is 6. The molecule has 1 aliphatic heterocycles. The van der Waals surface area contributed by atoms with Crippen LogP contribution in [0.25, 0.3) is 33.3 Å². The molecule has 0 saturated heterocycles. The monoisotopic (exact) mass is 592 g/mol. The van der Waals surface area contributed by atoms with Crippen LogP contribution in [0.3, 0.4) is 0 Å². The standard InChI is InChI=1S/C34H17FN6S2/c35-23-16-14-21-29-22(32-31(21)38-33(36-18-42)34(39-32)37-19-43)15-17-28(30(23)29)41-26-12-6-4-10-24(26)40(20-8-2-1-3-9-20)25-11-5-7-13-27(25)41/h1-17H. The lowest BCUT2D eigenvalue weighted by atomic mass is 9.98. The molecule has 0 spiro atoms. The van der Waals surface area contributed by atoms with E-state index in [1.165, 1.54) is 6.07 Å². The fourth-order valence-corrected chi connectivity index (χ4v) is 6.28. The second-order valence-electron chi connectivity index (χ2n) is 9.94. The molecule has 6 nitrogen and oxygen atoms in total. The Hall–Kier alpha value is -5.43. The van der Waals surface area contributed by atoms with E-state index < -0.39 is 0 Å². The van der Waals surface area contributed by atoms with Gasteiger partial charge in [-0.3, -0.25) is 0 Å². The molecular weight excluding hydrogens is 576 g/mol. The molecule has 202 valence electrons. The number of nitrogens with zero attached hydrogens (tertiary/aromatic N) is 6. The second-order valence-corrected chi connectivity index (χ2v) is 10.3. The number of para-hydroxylation sites is 5. The Morgan fingerprint density at radius 3 is 1.56 bits per heavy atom. The van der Waals surface area contributed by atoms with Crippen LogP contribution in [0, 0.1) is 5.82 Å². The van der Waals surface area contributed by atoms with Crippen molar-refractivity contribution in [3.8, 4) is 22.5 Å². The van der Waals surface area contributed by atoms with E-state index in [2.05, 4.69) is 66.5 Å². The van der Waals surface area contributed by atoms with Crippen molar-refractivity contribution in [2.75, 3.05) is 9.80 Å². The van der Waals surface area contributed by atoms with Crippen molar-refractivity contribution in [2.45, 2.75) is 0 Å². The summed E-state index contributed by atoms with van der Waals surface area (Å²) in [5.41, 5.74) is 8.18. The molecular formula is C34H17FN6S2. The number of thiocarbonyl (C=S) groups is 2. The molecule has 1 aliphatic carbocycles. The zero-order valence-electron chi connectivity index (χ0n) is 22.2. The largest absolute Gasteiger partial charge is 0.306 e. The fraction of sp³-hybridized carbons (Fsp3) is 0. The molecule has 2 heterocycles. The first-order valence-electron chi connectivity index (χ1n) is 13.4. The molecule has 0 radical (unpaired) electrons. The zero-order chi connectivity index (χ0) is 29.1. The van der Waals surface area contributed by atoms with E-state index in [0.717, 1.165) is 39.6 Å². The van der Waals surface area contributed by atoms with E-state index >= 15 is 4.39 Å². The van der Waals surface area contributed by atoms with Crippen LogP contribution >= 0.6 is 24.4 Å². The van der Waals surface area contributed by atoms with Crippen molar-refractivity contribution < 1.29 is 4.39 Å². The van der Waals surface area contributed by atoms with Crippen LogP contribution < -0.4 is 9.80 Å². The van der Waals surface area contributed by atoms with Gasteiger partial charge in [-0.05, 0) is 85.1 Å². The number of isothiocyanates is 2. The number of fused-ring (bicyclic) bond motifs is 5. The van der Waals surface area contributed by atoms with Crippen molar-refractivity contribution in [1.29, 1.82) is 0 Å². The van der Waals surface area contributed by atoms with E-state index in [1.807, 2.05) is 54.6 Å². The van der Waals surface area contributed by atoms with E-state index in [9.17, 15) is 0 Å². The first-order chi connectivity index (χ1) is 21.2. The van der Waals surface area contributed by atoms with Gasteiger partial charge in [-0.25, -0.2) is 14.4 Å². The average molecular weight is 593 g/mol. The maximum absolute atomic E-state index is 16.1. The van der Waals surface area contributed by atoms with Crippen LogP contribution in [-0.2, 0) is 0 Å². The molecule has 0 fully saturated rings. The summed E-state index contributed by atoms with van der Waals surface area (Å²) >= 11 is 9.64. The predicted molar refractivity (Wildman–Crippen MR) is 176 cm³/mol. The number of rotatable bonds is 4. The summed E-state index contributed by atoms with van der Waals surface area (Å²) in [5.74, 6) is 0.00566. The number of hydrogen-bond donors (Lipinski definition) is 0. The molecule has 0 N–H and O–H groups in total. The Morgan fingerprint density at radius 1 is 0.535 bits per heavy atom. The minimum atomic E-state index is -0.349. The molecule has 2 aliphatic rings. The van der Waals surface area contributed by atoms with E-state index in [1.54, 1.807) is 6.07 Å². The van der Waals surface area contributed by atoms with Crippen LogP contribution in [-0.4, -0.2) is 20.3 Å². The van der Waals surface area contributed by atoms with Crippen LogP contribution in [0.4, 0.5) is 50.2 Å². The van der Waals surface area contributed by atoms with Gasteiger partial charge in [0.05, 0.1) is 50.1 Å². The molecule has 1 aromatic heterocycles. The van der Waals surface area contributed by atoms with Gasteiger partial charge >= 0.3 is 0 Å². The Balaban J connectivity index is 1.41. The van der Waals surface area contributed by atoms with E-state index in [4.69, 9.17) is 34.4 Å². The number of hydrogen-bond acceptors (Lipinski definition) is 8. The normalized spacial score (nSPS) is 12.2. The van der Waals surface area contributed by atoms with Crippen LogP contribution in [0.5, 0.6) is 0 Å². The van der Waals surface area contributed by atoms with Gasteiger partial charge in [0.15, 0.2) is 0 Å². The minimum absolute atomic E-state index is 0.177. The van der Waals surface area contributed by atoms with Crippen molar-refractivity contribution in [3.63, 3.8) is 0 Å². The number of halogens is 1. The Bertz CT molecular complexity index is 2140. The van der Waals surface area contributed by atoms with Gasteiger partial charge in [-0.2, -0.15) is 9.98 Å². The molecule has 9 heteroatoms. The van der Waals surface area contributed by atoms with Crippen molar-refractivity contribution in [3.05, 3.63) is 109 Å². The minimum Gasteiger partial charge on any atom is -0.306 e. The summed E-state index contributed by atoms with van der Waals surface area (Å²) in [7, 11) is 0. The summed E-state index contributed by atoms with van der Waals surface area (Å²) < 4.78 is 16.1. The number of aromatic nitrogens is 2. The van der Waals surface area contributed by atoms with Crippen LogP contribution in [0.2, 0.25) is 0 Å². The predicted octanol–water partition coefficient (Wildman–Crippen LogP) is 10.1. The van der Waals surface area contributed by atoms with Gasteiger partial charge in [0, 0.05) is 27.6 Å². The van der Waals surface area contributed by atoms with Crippen LogP contribution in [0.15, 0.2) is 113 Å². The van der Waals surface area contributed by atoms with Gasteiger partial charge < -0.3 is 9.80 Å². The SMILES string of the molecule is Fc1ccc2c3c(ccc(N4c5ccccc5N(c5ccccc5)c5ccccc54)c13)-c1nc(N=C=S)c(N=C=S)nc1-2. The second kappa shape index (κ2) is 9.84. The maximum atomic E-state index is 16.1. The Kier molecular flexibility index (Phi) is 5.79. The number of aliphatic imine (C=N–C) groups is 2. The molecule has 0 atom stereocenters. The third kappa shape index (κ3) is 3.71. The highest BCUT2D eigenvalue weighted by molar-refractivity contribution is 7.78. The lowest BCUT2D eigenvalue weighted by Gasteiger charge is -2.40. The zero-order valence-corrected chi connectivity index (χ0v) is 23.8. The molecule has 0 amide bonds. The topological polar surface area (TPSA) is 57.0 Å². The summed E-state index contributed by atoms with van der Waals surface area (Å²) in [6.07, 6.45) is 0. The highest BCUT2D eigenvalue weighted by atomic mass is 32.1. The lowest BCUT2D eigenvalue weighted by molar-refractivity contribution is 0.640. The van der Waals surface area contributed by atoms with Crippen molar-refractivity contribution >= 4 is 91.3 Å². The molecule has 0 saturated carbocycles. The average Bonchev–Trinajstić information content (AvgIpc) is 3.35. The molecule has 0 unspecified atom stereocenters. The summed E-state index contributed by atoms with van der Waals surface area (Å²) in [5, 5.41) is 5.84. The van der Waals surface area contributed by atoms with Gasteiger partial charge in [0.1, 0.15) is 5.82 Å². The van der Waals surface area contributed by atoms with Gasteiger partial charge in [-0.1, -0.05) is 42.5 Å². The molecule has 5 aromatic carbocycles. The molecule has 6 aromatic rings. The van der Waals surface area contributed by atoms with Crippen molar-refractivity contribution in [1.82, 2.24) is 9.97 Å². The van der Waals surface area contributed by atoms with E-state index in [0.29, 0.717) is 27.8 Å². The third-order valence-corrected chi connectivity index (χ3v) is 7.93. The van der Waals surface area contributed by atoms with Crippen molar-refractivity contribution in [2.24, 2.45) is 9.98 Å². The smallest absolute Gasteiger partial charge is 0.209 e. The lowest BCUT2D eigenvalue weighted by Crippen LogP contribution is -2.24. The summed E-state index contributed by atoms with van der Waals surface area (Å²) in [6.45, 7) is 0. The summed E-state index contributed by atoms with van der Waals surface area (Å²) in [6, 6.07) is 33.7. The molecule has 8 rings (SSSR count). The first-order valence-corrected chi connectivity index (χ1v) is 14.2. The van der Waals surface area contributed by atoms with E-state index in [-0.39, 0.29) is 17.5 Å². The Labute approximate surface area is 256 Å². The van der Waals surface area contributed by atoms with Crippen LogP contribution in [0.1, 0.15) is 0 Å². The quantitative estimate of drug-likeness (QED) is 0.150. The number of benzene rings is 5. The highest BCUT2D eigenvalue weighted by Gasteiger charge is 2.34. The maximum Gasteiger partial charge on any atom is 0.209 e. The molecule has 0 bridgehead atoms. The highest BCUT2D eigenvalue weighted by Crippen LogP contribution is 2.57. The van der Waals surface area contributed by atoms with Gasteiger partial charge in [0.25, 0.3) is 0 Å².